The Labute approximate surface area is 157 Å². The Hall–Kier alpha value is -2.93. The number of rotatable bonds is 5. The van der Waals surface area contributed by atoms with Gasteiger partial charge in [-0.3, -0.25) is 4.79 Å². The normalized spacial score (nSPS) is 13.8. The molecule has 2 aromatic rings. The van der Waals surface area contributed by atoms with E-state index in [1.807, 2.05) is 18.2 Å². The van der Waals surface area contributed by atoms with Gasteiger partial charge >= 0.3 is 0 Å². The van der Waals surface area contributed by atoms with Crippen LogP contribution in [0.15, 0.2) is 29.4 Å². The highest BCUT2D eigenvalue weighted by molar-refractivity contribution is 5.82. The van der Waals surface area contributed by atoms with E-state index < -0.39 is 11.3 Å². The zero-order chi connectivity index (χ0) is 19.8. The smallest absolute Gasteiger partial charge is 0.290 e. The van der Waals surface area contributed by atoms with E-state index in [9.17, 15) is 9.70 Å². The largest absolute Gasteiger partial charge is 0.496 e. The first kappa shape index (κ1) is 18.8. The molecule has 7 nitrogen and oxygen atoms in total. The minimum absolute atomic E-state index is 0.205. The molecule has 0 fully saturated rings. The summed E-state index contributed by atoms with van der Waals surface area (Å²) in [5.41, 5.74) is 8.62. The molecule has 0 saturated heterocycles. The number of amides is 1. The van der Waals surface area contributed by atoms with Gasteiger partial charge in [0, 0.05) is 33.8 Å². The predicted octanol–water partition coefficient (Wildman–Crippen LogP) is 3.43. The lowest BCUT2D eigenvalue weighted by Crippen LogP contribution is -2.26. The molecule has 0 unspecified atom stereocenters. The molecule has 2 N–H and O–H groups in total. The number of benzene rings is 2. The van der Waals surface area contributed by atoms with Gasteiger partial charge < -0.3 is 19.9 Å². The summed E-state index contributed by atoms with van der Waals surface area (Å²) in [5.74, 6) is 1.40. The molecule has 2 aromatic carbocycles. The van der Waals surface area contributed by atoms with Crippen LogP contribution < -0.4 is 19.9 Å². The van der Waals surface area contributed by atoms with Gasteiger partial charge in [-0.15, -0.1) is 4.91 Å². The summed E-state index contributed by atoms with van der Waals surface area (Å²) >= 11 is 0. The quantitative estimate of drug-likeness (QED) is 0.809. The highest BCUT2D eigenvalue weighted by Gasteiger charge is 2.38. The standard InChI is InChI=1S/C20H22N2O5/c1-20(2)13-5-7-15(25-3)11(9-17(23)22-24)18(13)27-19-12(10-21)16(26-4)8-6-14(19)20/h5-8H,9-10,21H2,1-4H3. The van der Waals surface area contributed by atoms with E-state index in [1.54, 1.807) is 13.2 Å². The van der Waals surface area contributed by atoms with Crippen LogP contribution in [0.25, 0.3) is 0 Å². The molecule has 0 aliphatic carbocycles. The van der Waals surface area contributed by atoms with Crippen molar-refractivity contribution in [3.8, 4) is 23.0 Å². The monoisotopic (exact) mass is 370 g/mol. The molecule has 0 atom stereocenters. The van der Waals surface area contributed by atoms with Crippen LogP contribution >= 0.6 is 0 Å². The summed E-state index contributed by atoms with van der Waals surface area (Å²) in [5, 5.41) is 2.51. The van der Waals surface area contributed by atoms with Crippen LogP contribution in [0.2, 0.25) is 0 Å². The Balaban J connectivity index is 2.28. The first-order chi connectivity index (χ1) is 12.9. The van der Waals surface area contributed by atoms with Gasteiger partial charge in [-0.2, -0.15) is 0 Å². The summed E-state index contributed by atoms with van der Waals surface area (Å²) in [6.45, 7) is 4.36. The molecule has 0 aromatic heterocycles. The van der Waals surface area contributed by atoms with Crippen LogP contribution in [0, 0.1) is 4.91 Å². The minimum Gasteiger partial charge on any atom is -0.496 e. The average Bonchev–Trinajstić information content (AvgIpc) is 2.67. The number of methoxy groups -OCH3 is 2. The molecule has 1 heterocycles. The third-order valence-corrected chi connectivity index (χ3v) is 5.06. The van der Waals surface area contributed by atoms with Crippen LogP contribution in [0.1, 0.15) is 36.1 Å². The van der Waals surface area contributed by atoms with E-state index in [2.05, 4.69) is 19.0 Å². The molecule has 0 saturated carbocycles. The van der Waals surface area contributed by atoms with Gasteiger partial charge in [0.15, 0.2) is 0 Å². The van der Waals surface area contributed by atoms with Crippen LogP contribution in [-0.4, -0.2) is 20.1 Å². The molecular weight excluding hydrogens is 348 g/mol. The molecule has 0 radical (unpaired) electrons. The van der Waals surface area contributed by atoms with Gasteiger partial charge in [-0.25, -0.2) is 0 Å². The fraction of sp³-hybridized carbons (Fsp3) is 0.350. The second kappa shape index (κ2) is 7.00. The van der Waals surface area contributed by atoms with Crippen LogP contribution in [0.4, 0.5) is 0 Å². The Kier molecular flexibility index (Phi) is 4.89. The Morgan fingerprint density at radius 1 is 1.04 bits per heavy atom. The van der Waals surface area contributed by atoms with E-state index in [4.69, 9.17) is 19.9 Å². The highest BCUT2D eigenvalue weighted by atomic mass is 16.5. The highest BCUT2D eigenvalue weighted by Crippen LogP contribution is 2.53. The van der Waals surface area contributed by atoms with Crippen molar-refractivity contribution >= 4 is 5.91 Å². The van der Waals surface area contributed by atoms with Crippen molar-refractivity contribution in [3.63, 3.8) is 0 Å². The summed E-state index contributed by atoms with van der Waals surface area (Å²) in [6, 6.07) is 7.52. The molecule has 1 aliphatic heterocycles. The number of fused-ring (bicyclic) bond motifs is 2. The van der Waals surface area contributed by atoms with Gasteiger partial charge in [0.2, 0.25) is 0 Å². The van der Waals surface area contributed by atoms with Gasteiger partial charge in [0.05, 0.1) is 26.2 Å². The topological polar surface area (TPSA) is 100 Å². The van der Waals surface area contributed by atoms with Crippen LogP contribution in [-0.2, 0) is 23.2 Å². The molecule has 3 rings (SSSR count). The number of carbonyl (C=O) groups is 1. The maximum atomic E-state index is 11.7. The van der Waals surface area contributed by atoms with Crippen molar-refractivity contribution in [3.05, 3.63) is 51.4 Å². The number of hydrogen-bond donors (Lipinski definition) is 1. The number of hydrogen-bond acceptors (Lipinski definition) is 6. The van der Waals surface area contributed by atoms with E-state index >= 15 is 0 Å². The first-order valence-electron chi connectivity index (χ1n) is 8.53. The third-order valence-electron chi connectivity index (χ3n) is 5.06. The van der Waals surface area contributed by atoms with Crippen molar-refractivity contribution in [2.24, 2.45) is 10.9 Å². The van der Waals surface area contributed by atoms with Crippen molar-refractivity contribution < 1.29 is 19.0 Å². The third kappa shape index (κ3) is 2.94. The lowest BCUT2D eigenvalue weighted by Gasteiger charge is -2.37. The van der Waals surface area contributed by atoms with Crippen LogP contribution in [0.3, 0.4) is 0 Å². The molecule has 0 spiro atoms. The molecule has 1 amide bonds. The number of ether oxygens (including phenoxy) is 3. The fourth-order valence-corrected chi connectivity index (χ4v) is 3.61. The molecule has 27 heavy (non-hydrogen) atoms. The number of nitroso groups, excluding NO2 is 1. The van der Waals surface area contributed by atoms with Gasteiger partial charge in [0.25, 0.3) is 5.91 Å². The van der Waals surface area contributed by atoms with Gasteiger partial charge in [-0.05, 0) is 12.1 Å². The Morgan fingerprint density at radius 2 is 1.56 bits per heavy atom. The summed E-state index contributed by atoms with van der Waals surface area (Å²) in [7, 11) is 3.08. The van der Waals surface area contributed by atoms with Crippen molar-refractivity contribution in [2.75, 3.05) is 14.2 Å². The van der Waals surface area contributed by atoms with Gasteiger partial charge in [-0.1, -0.05) is 26.0 Å². The van der Waals surface area contributed by atoms with E-state index in [-0.39, 0.29) is 13.0 Å². The predicted molar refractivity (Wildman–Crippen MR) is 101 cm³/mol. The van der Waals surface area contributed by atoms with Crippen molar-refractivity contribution in [2.45, 2.75) is 32.2 Å². The Bertz CT molecular complexity index is 921. The average molecular weight is 370 g/mol. The lowest BCUT2D eigenvalue weighted by molar-refractivity contribution is -0.117. The number of nitrogens with two attached hydrogens (primary N) is 1. The second-order valence-corrected chi connectivity index (χ2v) is 6.84. The van der Waals surface area contributed by atoms with E-state index in [0.717, 1.165) is 16.7 Å². The summed E-state index contributed by atoms with van der Waals surface area (Å²) < 4.78 is 17.1. The number of carbonyl (C=O) groups excluding carboxylic acids is 1. The van der Waals surface area contributed by atoms with Crippen molar-refractivity contribution in [1.29, 1.82) is 0 Å². The van der Waals surface area contributed by atoms with Gasteiger partial charge in [0.1, 0.15) is 23.0 Å². The summed E-state index contributed by atoms with van der Waals surface area (Å²) in [6.07, 6.45) is -0.205. The Morgan fingerprint density at radius 3 is 2.04 bits per heavy atom. The maximum absolute atomic E-state index is 11.7. The lowest BCUT2D eigenvalue weighted by atomic mass is 9.74. The second-order valence-electron chi connectivity index (χ2n) is 6.84. The summed E-state index contributed by atoms with van der Waals surface area (Å²) in [4.78, 5) is 22.4. The van der Waals surface area contributed by atoms with E-state index in [0.29, 0.717) is 28.6 Å². The minimum atomic E-state index is -0.793. The molecule has 1 aliphatic rings. The van der Waals surface area contributed by atoms with Crippen LogP contribution in [0.5, 0.6) is 23.0 Å². The molecule has 7 heteroatoms. The van der Waals surface area contributed by atoms with Crippen molar-refractivity contribution in [1.82, 2.24) is 0 Å². The molecule has 142 valence electrons. The van der Waals surface area contributed by atoms with E-state index in [1.165, 1.54) is 7.11 Å². The zero-order valence-electron chi connectivity index (χ0n) is 15.8. The zero-order valence-corrected chi connectivity index (χ0v) is 15.8. The molecule has 0 bridgehead atoms. The number of nitrogens with zero attached hydrogens (tertiary/aromatic N) is 1. The molecular formula is C20H22N2O5. The fourth-order valence-electron chi connectivity index (χ4n) is 3.61. The first-order valence-corrected chi connectivity index (χ1v) is 8.53. The SMILES string of the molecule is COc1ccc2c(c1CN)Oc1c(ccc(OC)c1CC(=O)N=O)C2(C)C. The maximum Gasteiger partial charge on any atom is 0.290 e.